The molecule has 0 aromatic carbocycles. The minimum absolute atomic E-state index is 0.0660. The fourth-order valence-electron chi connectivity index (χ4n) is 3.28. The van der Waals surface area contributed by atoms with Crippen LogP contribution in [0.1, 0.15) is 19.3 Å². The van der Waals surface area contributed by atoms with Gasteiger partial charge in [0.05, 0.1) is 0 Å². The molecule has 3 aliphatic carbocycles. The maximum absolute atomic E-state index is 11.6. The van der Waals surface area contributed by atoms with Crippen LogP contribution in [-0.4, -0.2) is 11.6 Å². The zero-order valence-corrected chi connectivity index (χ0v) is 7.40. The van der Waals surface area contributed by atoms with Gasteiger partial charge < -0.3 is 0 Å². The number of hydrogen-bond acceptors (Lipinski definition) is 2. The van der Waals surface area contributed by atoms with E-state index < -0.39 is 0 Å². The van der Waals surface area contributed by atoms with Gasteiger partial charge in [-0.25, -0.2) is 0 Å². The van der Waals surface area contributed by atoms with Crippen LogP contribution in [0.15, 0.2) is 12.2 Å². The van der Waals surface area contributed by atoms with Crippen molar-refractivity contribution in [1.82, 2.24) is 0 Å². The molecule has 0 aliphatic heterocycles. The van der Waals surface area contributed by atoms with Crippen molar-refractivity contribution in [3.8, 4) is 0 Å². The molecule has 0 radical (unpaired) electrons. The molecule has 2 heteroatoms. The van der Waals surface area contributed by atoms with E-state index >= 15 is 0 Å². The van der Waals surface area contributed by atoms with Crippen LogP contribution < -0.4 is 0 Å². The van der Waals surface area contributed by atoms with Crippen LogP contribution in [0.3, 0.4) is 0 Å². The van der Waals surface area contributed by atoms with Crippen LogP contribution in [0.5, 0.6) is 0 Å². The maximum Gasteiger partial charge on any atom is 0.137 e. The van der Waals surface area contributed by atoms with Gasteiger partial charge >= 0.3 is 0 Å². The minimum Gasteiger partial charge on any atom is -0.299 e. The molecule has 0 aromatic heterocycles. The number of carbonyl (C=O) groups excluding carboxylic acids is 2. The summed E-state index contributed by atoms with van der Waals surface area (Å²) in [6.07, 6.45) is 6.33. The Kier molecular flexibility index (Phi) is 1.33. The van der Waals surface area contributed by atoms with E-state index in [1.54, 1.807) is 0 Å². The van der Waals surface area contributed by atoms with Crippen molar-refractivity contribution in [3.63, 3.8) is 0 Å². The van der Waals surface area contributed by atoms with Crippen molar-refractivity contribution >= 4 is 11.6 Å². The average molecular weight is 176 g/mol. The van der Waals surface area contributed by atoms with Gasteiger partial charge in [0.25, 0.3) is 0 Å². The molecule has 2 unspecified atom stereocenters. The summed E-state index contributed by atoms with van der Waals surface area (Å²) in [7, 11) is 0. The highest BCUT2D eigenvalue weighted by Crippen LogP contribution is 2.51. The molecule has 0 spiro atoms. The van der Waals surface area contributed by atoms with Crippen LogP contribution in [-0.2, 0) is 9.59 Å². The molecule has 2 bridgehead atoms. The Labute approximate surface area is 77.0 Å². The molecule has 2 fully saturated rings. The largest absolute Gasteiger partial charge is 0.299 e. The predicted octanol–water partition coefficient (Wildman–Crippen LogP) is 1.36. The summed E-state index contributed by atoms with van der Waals surface area (Å²) in [5.74, 6) is 1.59. The average Bonchev–Trinajstić information content (AvgIpc) is 2.70. The van der Waals surface area contributed by atoms with Gasteiger partial charge in [0.2, 0.25) is 0 Å². The highest BCUT2D eigenvalue weighted by Gasteiger charge is 2.52. The van der Waals surface area contributed by atoms with E-state index in [4.69, 9.17) is 0 Å². The third kappa shape index (κ3) is 0.835. The van der Waals surface area contributed by atoms with Crippen molar-refractivity contribution in [1.29, 1.82) is 0 Å². The maximum atomic E-state index is 11.6. The second-order valence-corrected chi connectivity index (χ2v) is 4.43. The molecule has 3 aliphatic rings. The van der Waals surface area contributed by atoms with Gasteiger partial charge in [-0.1, -0.05) is 12.2 Å². The normalized spacial score (nSPS) is 47.1. The molecule has 68 valence electrons. The number of Topliss-reactive ketones (excluding diaryl/α,β-unsaturated/α-hetero) is 2. The number of rotatable bonds is 0. The van der Waals surface area contributed by atoms with E-state index in [9.17, 15) is 9.59 Å². The first-order chi connectivity index (χ1) is 6.27. The molecule has 0 N–H and O–H groups in total. The summed E-state index contributed by atoms with van der Waals surface area (Å²) in [4.78, 5) is 23.3. The summed E-state index contributed by atoms with van der Waals surface area (Å²) < 4.78 is 0. The molecule has 2 saturated carbocycles. The van der Waals surface area contributed by atoms with Crippen molar-refractivity contribution in [3.05, 3.63) is 12.2 Å². The lowest BCUT2D eigenvalue weighted by Crippen LogP contribution is -2.37. The van der Waals surface area contributed by atoms with Crippen LogP contribution >= 0.6 is 0 Å². The molecule has 0 heterocycles. The Morgan fingerprint density at radius 2 is 1.38 bits per heavy atom. The van der Waals surface area contributed by atoms with Gasteiger partial charge in [-0.05, 0) is 18.3 Å². The quantitative estimate of drug-likeness (QED) is 0.522. The van der Waals surface area contributed by atoms with Gasteiger partial charge in [0.1, 0.15) is 11.6 Å². The Balaban J connectivity index is 2.03. The lowest BCUT2D eigenvalue weighted by molar-refractivity contribution is -0.138. The van der Waals surface area contributed by atoms with E-state index in [-0.39, 0.29) is 11.8 Å². The molecule has 13 heavy (non-hydrogen) atoms. The van der Waals surface area contributed by atoms with Gasteiger partial charge in [-0.3, -0.25) is 9.59 Å². The SMILES string of the molecule is O=C1CCC(=O)C2C1[C@@H]1C=C[C@H]2C1. The van der Waals surface area contributed by atoms with E-state index in [0.717, 1.165) is 6.42 Å². The number of fused-ring (bicyclic) bond motifs is 5. The van der Waals surface area contributed by atoms with Crippen molar-refractivity contribution in [2.75, 3.05) is 0 Å². The molecular weight excluding hydrogens is 164 g/mol. The fourth-order valence-corrected chi connectivity index (χ4v) is 3.28. The van der Waals surface area contributed by atoms with E-state index in [1.807, 2.05) is 0 Å². The summed E-state index contributed by atoms with van der Waals surface area (Å²) in [6, 6.07) is 0. The molecule has 3 rings (SSSR count). The van der Waals surface area contributed by atoms with Gasteiger partial charge in [-0.15, -0.1) is 0 Å². The third-order valence-corrected chi connectivity index (χ3v) is 3.82. The zero-order valence-electron chi connectivity index (χ0n) is 7.40. The summed E-state index contributed by atoms with van der Waals surface area (Å²) >= 11 is 0. The monoisotopic (exact) mass is 176 g/mol. The van der Waals surface area contributed by atoms with Crippen molar-refractivity contribution in [2.24, 2.45) is 23.7 Å². The highest BCUT2D eigenvalue weighted by atomic mass is 16.1. The fraction of sp³-hybridized carbons (Fsp3) is 0.636. The number of ketones is 2. The lowest BCUT2D eigenvalue weighted by Gasteiger charge is -2.29. The molecular formula is C11H12O2. The highest BCUT2D eigenvalue weighted by molar-refractivity contribution is 5.97. The smallest absolute Gasteiger partial charge is 0.137 e. The standard InChI is InChI=1S/C11H12O2/c12-8-3-4-9(13)11-7-2-1-6(5-7)10(8)11/h1-2,6-7,10-11H,3-5H2/t6-,7+,10?,11?. The summed E-state index contributed by atoms with van der Waals surface area (Å²) in [5.41, 5.74) is 0. The van der Waals surface area contributed by atoms with Crippen molar-refractivity contribution in [2.45, 2.75) is 19.3 Å². The second-order valence-electron chi connectivity index (χ2n) is 4.43. The first kappa shape index (κ1) is 7.48. The lowest BCUT2D eigenvalue weighted by atomic mass is 9.72. The first-order valence-corrected chi connectivity index (χ1v) is 5.01. The topological polar surface area (TPSA) is 34.1 Å². The summed E-state index contributed by atoms with van der Waals surface area (Å²) in [6.45, 7) is 0. The van der Waals surface area contributed by atoms with E-state index in [0.29, 0.717) is 36.2 Å². The molecule has 2 nitrogen and oxygen atoms in total. The second kappa shape index (κ2) is 2.31. The Morgan fingerprint density at radius 1 is 0.923 bits per heavy atom. The Morgan fingerprint density at radius 3 is 1.85 bits per heavy atom. The predicted molar refractivity (Wildman–Crippen MR) is 47.0 cm³/mol. The van der Waals surface area contributed by atoms with E-state index in [2.05, 4.69) is 12.2 Å². The van der Waals surface area contributed by atoms with Gasteiger partial charge in [-0.2, -0.15) is 0 Å². The molecule has 4 atom stereocenters. The van der Waals surface area contributed by atoms with Crippen LogP contribution in [0.2, 0.25) is 0 Å². The molecule has 0 saturated heterocycles. The third-order valence-electron chi connectivity index (χ3n) is 3.82. The first-order valence-electron chi connectivity index (χ1n) is 5.01. The van der Waals surface area contributed by atoms with Crippen LogP contribution in [0, 0.1) is 23.7 Å². The van der Waals surface area contributed by atoms with Crippen molar-refractivity contribution < 1.29 is 9.59 Å². The number of allylic oxidation sites excluding steroid dienone is 2. The molecule has 0 aromatic rings. The number of hydrogen-bond donors (Lipinski definition) is 0. The summed E-state index contributed by atoms with van der Waals surface area (Å²) in [5, 5.41) is 0. The van der Waals surface area contributed by atoms with E-state index in [1.165, 1.54) is 0 Å². The minimum atomic E-state index is 0.0660. The number of carbonyl (C=O) groups is 2. The Bertz CT molecular complexity index is 286. The van der Waals surface area contributed by atoms with Crippen LogP contribution in [0.4, 0.5) is 0 Å². The Hall–Kier alpha value is -0.920. The van der Waals surface area contributed by atoms with Crippen LogP contribution in [0.25, 0.3) is 0 Å². The van der Waals surface area contributed by atoms with Gasteiger partial charge in [0, 0.05) is 24.7 Å². The van der Waals surface area contributed by atoms with Gasteiger partial charge in [0.15, 0.2) is 0 Å². The molecule has 0 amide bonds. The zero-order chi connectivity index (χ0) is 9.00.